The molecule has 0 aliphatic rings. The molecular weight excluding hydrogens is 844 g/mol. The van der Waals surface area contributed by atoms with E-state index in [-0.39, 0.29) is 33.8 Å². The smallest absolute Gasteiger partial charge is 0.338 e. The van der Waals surface area contributed by atoms with E-state index in [1.54, 1.807) is 58.0 Å². The molecule has 0 atom stereocenters. The van der Waals surface area contributed by atoms with E-state index in [2.05, 4.69) is 11.2 Å². The van der Waals surface area contributed by atoms with Crippen LogP contribution in [0.5, 0.6) is 0 Å². The zero-order valence-electron chi connectivity index (χ0n) is 37.3. The molecule has 0 fully saturated rings. The fourth-order valence-electron chi connectivity index (χ4n) is 4.82. The van der Waals surface area contributed by atoms with E-state index in [4.69, 9.17) is 31.6 Å². The molecule has 0 saturated heterocycles. The van der Waals surface area contributed by atoms with Gasteiger partial charge in [-0.05, 0) is 82.3 Å². The number of nitro benzene ring substituents is 3. The lowest BCUT2D eigenvalue weighted by Gasteiger charge is -2.19. The number of ether oxygens (including phenoxy) is 2. The second-order valence-corrected chi connectivity index (χ2v) is 13.3. The number of nitrogens with zero attached hydrogens (tertiary/aromatic N) is 4. The van der Waals surface area contributed by atoms with E-state index in [0.717, 1.165) is 18.1 Å². The number of aryl methyl sites for hydroxylation is 4. The summed E-state index contributed by atoms with van der Waals surface area (Å²) in [6, 6.07) is 19.6. The summed E-state index contributed by atoms with van der Waals surface area (Å²) in [5, 5.41) is 63.0. The molecule has 21 nitrogen and oxygen atoms in total. The van der Waals surface area contributed by atoms with Crippen molar-refractivity contribution in [1.29, 1.82) is 0 Å². The minimum Gasteiger partial charge on any atom is -0.478 e. The van der Waals surface area contributed by atoms with Gasteiger partial charge < -0.3 is 24.9 Å². The predicted molar refractivity (Wildman–Crippen MR) is 232 cm³/mol. The zero-order valence-corrected chi connectivity index (χ0v) is 36.3. The number of hydrogen-bond acceptors (Lipinski definition) is 14. The molecule has 0 heterocycles. The summed E-state index contributed by atoms with van der Waals surface area (Å²) in [7, 11) is 1.24. The molecule has 4 aromatic rings. The third kappa shape index (κ3) is 21.3. The van der Waals surface area contributed by atoms with E-state index < -0.39 is 49.3 Å². The lowest BCUT2D eigenvalue weighted by molar-refractivity contribution is -0.742. The van der Waals surface area contributed by atoms with Gasteiger partial charge in [0, 0.05) is 34.9 Å². The number of aromatic carboxylic acids is 2. The highest BCUT2D eigenvalue weighted by atomic mass is 16.9. The number of rotatable bonds is 11. The molecule has 0 aromatic heterocycles. The normalized spacial score (nSPS) is 9.70. The lowest BCUT2D eigenvalue weighted by atomic mass is 10.1. The topological polar surface area (TPSA) is 320 Å². The molecule has 0 amide bonds. The molecule has 344 valence electrons. The summed E-state index contributed by atoms with van der Waals surface area (Å²) < 4.78 is 15.4. The molecule has 0 aliphatic heterocycles. The number of hydrogen-bond donors (Lipinski definition) is 3. The van der Waals surface area contributed by atoms with E-state index in [1.807, 2.05) is 32.9 Å². The molecule has 21 heteroatoms. The highest BCUT2D eigenvalue weighted by Gasteiger charge is 2.22. The molecule has 0 radical (unpaired) electrons. The van der Waals surface area contributed by atoms with E-state index in [9.17, 15) is 49.5 Å². The Morgan fingerprint density at radius 1 is 0.594 bits per heavy atom. The van der Waals surface area contributed by atoms with Gasteiger partial charge in [-0.2, -0.15) is 0 Å². The average Bonchev–Trinajstić information content (AvgIpc) is 3.25. The van der Waals surface area contributed by atoms with Crippen LogP contribution in [0, 0.1) is 53.3 Å². The second-order valence-electron chi connectivity index (χ2n) is 13.3. The average molecular weight is 896 g/mol. The van der Waals surface area contributed by atoms with E-state index >= 15 is 0 Å². The molecule has 0 unspecified atom stereocenters. The quantitative estimate of drug-likeness (QED) is 0.0548. The number of carboxylic acids is 2. The van der Waals surface area contributed by atoms with Gasteiger partial charge in [-0.25, -0.2) is 19.2 Å². The first-order valence-electron chi connectivity index (χ1n) is 19.2. The first kappa shape index (κ1) is 55.7. The van der Waals surface area contributed by atoms with Gasteiger partial charge in [0.2, 0.25) is 0 Å². The fraction of sp³-hybridized carbons (Fsp3) is 0.302. The standard InChI is InChI=1S/C13H17NO4.C10H11NO4.C9H9NO4.C9H10O2.C2H2.HNO3/c1-5-9-6-7-10(8-11(9)14(16)17)12(15)18-13(2,3)4;1-3-7-4-5-8(10(12)15-2)6-9(7)11(13)14;1-2-6-3-4-7(9(11)12)5-8(6)10(13)14;1-2-7-3-5-8(6-4-7)9(10)11;1-2;2-1(3)4/h6-8H,5H2,1-4H3;4-6H,3H2,1-2H3;3-5H,2H2,1H3,(H,11,12);3-6H,2H2,1H3,(H,10,11);1-2H;(H,2,3,4)/i;;;;1D;. The van der Waals surface area contributed by atoms with Crippen LogP contribution in [0.3, 0.4) is 0 Å². The van der Waals surface area contributed by atoms with Gasteiger partial charge in [0.1, 0.15) is 6.97 Å². The van der Waals surface area contributed by atoms with Crippen molar-refractivity contribution >= 4 is 40.9 Å². The Morgan fingerprint density at radius 2 is 0.891 bits per heavy atom. The maximum absolute atomic E-state index is 11.8. The Balaban J connectivity index is 0. The Hall–Kier alpha value is -8.28. The lowest BCUT2D eigenvalue weighted by Crippen LogP contribution is -2.24. The molecule has 0 bridgehead atoms. The van der Waals surface area contributed by atoms with Crippen molar-refractivity contribution < 1.29 is 65.3 Å². The first-order valence-corrected chi connectivity index (χ1v) is 18.7. The first-order chi connectivity index (χ1) is 30.3. The minimum absolute atomic E-state index is 0.0409. The van der Waals surface area contributed by atoms with Crippen LogP contribution in [0.25, 0.3) is 0 Å². The van der Waals surface area contributed by atoms with Crippen molar-refractivity contribution in [2.45, 2.75) is 79.8 Å². The highest BCUT2D eigenvalue weighted by molar-refractivity contribution is 5.91. The van der Waals surface area contributed by atoms with Crippen LogP contribution >= 0.6 is 0 Å². The molecule has 0 spiro atoms. The van der Waals surface area contributed by atoms with Crippen molar-refractivity contribution in [2.75, 3.05) is 7.11 Å². The molecule has 4 aromatic carbocycles. The molecule has 3 N–H and O–H groups in total. The second kappa shape index (κ2) is 29.1. The monoisotopic (exact) mass is 895 g/mol. The summed E-state index contributed by atoms with van der Waals surface area (Å²) in [5.41, 5.74) is 2.77. The van der Waals surface area contributed by atoms with Gasteiger partial charge in [0.15, 0.2) is 0 Å². The van der Waals surface area contributed by atoms with Gasteiger partial charge >= 0.3 is 23.9 Å². The Kier molecular flexibility index (Phi) is 25.3. The summed E-state index contributed by atoms with van der Waals surface area (Å²) in [6.45, 7) is 12.7. The van der Waals surface area contributed by atoms with Crippen LogP contribution in [0.4, 0.5) is 17.1 Å². The Bertz CT molecular complexity index is 2320. The maximum atomic E-state index is 11.8. The Morgan fingerprint density at radius 3 is 1.16 bits per heavy atom. The number of carbonyl (C=O) groups excluding carboxylic acids is 2. The van der Waals surface area contributed by atoms with Gasteiger partial charge in [-0.15, -0.1) is 22.9 Å². The maximum Gasteiger partial charge on any atom is 0.338 e. The van der Waals surface area contributed by atoms with Gasteiger partial charge in [0.25, 0.3) is 22.1 Å². The third-order valence-corrected chi connectivity index (χ3v) is 7.90. The molecule has 0 saturated carbocycles. The number of nitro groups is 3. The van der Waals surface area contributed by atoms with Crippen LogP contribution in [0.15, 0.2) is 78.9 Å². The predicted octanol–water partition coefficient (Wildman–Crippen LogP) is 8.76. The van der Waals surface area contributed by atoms with E-state index in [1.165, 1.54) is 43.8 Å². The van der Waals surface area contributed by atoms with Crippen LogP contribution < -0.4 is 0 Å². The van der Waals surface area contributed by atoms with Crippen molar-refractivity contribution in [3.63, 3.8) is 0 Å². The molecule has 64 heavy (non-hydrogen) atoms. The number of esters is 2. The number of benzene rings is 4. The largest absolute Gasteiger partial charge is 0.478 e. The van der Waals surface area contributed by atoms with Gasteiger partial charge in [-0.1, -0.05) is 58.0 Å². The van der Waals surface area contributed by atoms with Crippen LogP contribution in [-0.4, -0.2) is 71.9 Å². The van der Waals surface area contributed by atoms with Gasteiger partial charge in [0.05, 0.1) is 44.1 Å². The zero-order chi connectivity index (χ0) is 50.6. The van der Waals surface area contributed by atoms with Gasteiger partial charge in [-0.3, -0.25) is 30.3 Å². The minimum atomic E-state index is -1.50. The number of methoxy groups -OCH3 is 1. The summed E-state index contributed by atoms with van der Waals surface area (Å²) in [6.07, 6.45) is 8.32. The summed E-state index contributed by atoms with van der Waals surface area (Å²) in [4.78, 5) is 82.9. The van der Waals surface area contributed by atoms with Crippen molar-refractivity contribution in [1.82, 2.24) is 0 Å². The molecular formula is C43H50N4O17. The number of carboxylic acid groups (broad SMARTS) is 2. The highest BCUT2D eigenvalue weighted by Crippen LogP contribution is 2.24. The van der Waals surface area contributed by atoms with Crippen LogP contribution in [0.1, 0.15) is 114 Å². The van der Waals surface area contributed by atoms with Crippen LogP contribution in [0.2, 0.25) is 0 Å². The number of carbonyl (C=O) groups is 4. The van der Waals surface area contributed by atoms with Crippen LogP contribution in [-0.2, 0) is 35.2 Å². The van der Waals surface area contributed by atoms with Crippen molar-refractivity contribution in [2.24, 2.45) is 0 Å². The summed E-state index contributed by atoms with van der Waals surface area (Å²) in [5.74, 6) is -3.14. The van der Waals surface area contributed by atoms with Crippen molar-refractivity contribution in [3.05, 3.63) is 164 Å². The van der Waals surface area contributed by atoms with Crippen molar-refractivity contribution in [3.8, 4) is 12.8 Å². The number of terminal acetylenes is 1. The molecule has 4 rings (SSSR count). The fourth-order valence-corrected chi connectivity index (χ4v) is 4.82. The molecule has 0 aliphatic carbocycles. The van der Waals surface area contributed by atoms with E-state index in [0.29, 0.717) is 41.5 Å². The summed E-state index contributed by atoms with van der Waals surface area (Å²) >= 11 is 0. The third-order valence-electron chi connectivity index (χ3n) is 7.90. The SMILES string of the molecule is CCc1ccc(C(=O)O)cc1.CCc1ccc(C(=O)O)cc1[N+](=O)[O-].CCc1ccc(C(=O)OC(C)(C)C)cc1[N+](=O)[O-].CCc1ccc(C(=O)OC)cc1[N+](=O)[O-].O=[N+]([O-])O.[2H]C#C. The Labute approximate surface area is 369 Å².